The fourth-order valence-electron chi connectivity index (χ4n) is 3.34. The number of sulfone groups is 1. The Morgan fingerprint density at radius 1 is 1.24 bits per heavy atom. The van der Waals surface area contributed by atoms with Gasteiger partial charge in [-0.25, -0.2) is 8.42 Å². The predicted molar refractivity (Wildman–Crippen MR) is 87.1 cm³/mol. The van der Waals surface area contributed by atoms with Gasteiger partial charge in [0.1, 0.15) is 0 Å². The summed E-state index contributed by atoms with van der Waals surface area (Å²) in [5.74, 6) is 0.911. The van der Waals surface area contributed by atoms with E-state index in [1.807, 2.05) is 0 Å². The second kappa shape index (κ2) is 6.36. The lowest BCUT2D eigenvalue weighted by molar-refractivity contribution is 0.171. The van der Waals surface area contributed by atoms with Crippen molar-refractivity contribution in [1.29, 1.82) is 0 Å². The normalized spacial score (nSPS) is 26.7. The number of halogens is 1. The van der Waals surface area contributed by atoms with E-state index in [9.17, 15) is 8.42 Å². The molecule has 1 N–H and O–H groups in total. The van der Waals surface area contributed by atoms with E-state index in [4.69, 9.17) is 0 Å². The van der Waals surface area contributed by atoms with Gasteiger partial charge in [0.15, 0.2) is 9.84 Å². The first-order valence-electron chi connectivity index (χ1n) is 7.49. The van der Waals surface area contributed by atoms with E-state index in [1.165, 1.54) is 6.42 Å². The number of nitrogens with one attached hydrogen (secondary N) is 1. The maximum Gasteiger partial charge on any atom is 0.179 e. The Hall–Kier alpha value is -0.430. The van der Waals surface area contributed by atoms with Crippen LogP contribution in [-0.4, -0.2) is 51.3 Å². The Bertz CT molecular complexity index is 588. The van der Waals surface area contributed by atoms with Gasteiger partial charge in [-0.2, -0.15) is 0 Å². The second-order valence-corrected chi connectivity index (χ2v) is 9.00. The highest BCUT2D eigenvalue weighted by atomic mass is 79.9. The van der Waals surface area contributed by atoms with Crippen molar-refractivity contribution in [2.24, 2.45) is 5.92 Å². The molecule has 0 spiro atoms. The first-order valence-corrected chi connectivity index (χ1v) is 9.93. The predicted octanol–water partition coefficient (Wildman–Crippen LogP) is 1.91. The Balaban J connectivity index is 1.58. The zero-order chi connectivity index (χ0) is 14.9. The molecule has 4 nitrogen and oxygen atoms in total. The van der Waals surface area contributed by atoms with Gasteiger partial charge in [-0.1, -0.05) is 15.9 Å². The molecule has 0 aliphatic carbocycles. The van der Waals surface area contributed by atoms with Crippen molar-refractivity contribution in [3.8, 4) is 0 Å². The molecule has 116 valence electrons. The lowest BCUT2D eigenvalue weighted by Crippen LogP contribution is -2.45. The smallest absolute Gasteiger partial charge is 0.179 e. The number of fused-ring (bicyclic) bond motifs is 1. The van der Waals surface area contributed by atoms with E-state index in [0.29, 0.717) is 23.4 Å². The number of nitrogens with zero attached hydrogens (tertiary/aromatic N) is 1. The van der Waals surface area contributed by atoms with Crippen molar-refractivity contribution in [3.63, 3.8) is 0 Å². The summed E-state index contributed by atoms with van der Waals surface area (Å²) in [6.45, 7) is 3.79. The fraction of sp³-hybridized carbons (Fsp3) is 0.600. The largest absolute Gasteiger partial charge is 0.314 e. The van der Waals surface area contributed by atoms with Crippen molar-refractivity contribution in [1.82, 2.24) is 10.2 Å². The molecular weight excluding hydrogens is 352 g/mol. The number of benzene rings is 1. The summed E-state index contributed by atoms with van der Waals surface area (Å²) in [6.07, 6.45) is 2.36. The van der Waals surface area contributed by atoms with Crippen LogP contribution < -0.4 is 5.32 Å². The number of hydrogen-bond acceptors (Lipinski definition) is 4. The topological polar surface area (TPSA) is 49.4 Å². The third-order valence-electron chi connectivity index (χ3n) is 4.59. The highest BCUT2D eigenvalue weighted by Crippen LogP contribution is 2.24. The molecule has 0 radical (unpaired) electrons. The molecule has 6 heteroatoms. The quantitative estimate of drug-likeness (QED) is 0.876. The van der Waals surface area contributed by atoms with Crippen molar-refractivity contribution < 1.29 is 8.42 Å². The lowest BCUT2D eigenvalue weighted by atomic mass is 9.93. The van der Waals surface area contributed by atoms with Crippen LogP contribution in [0, 0.1) is 5.92 Å². The van der Waals surface area contributed by atoms with Gasteiger partial charge in [0.2, 0.25) is 0 Å². The Morgan fingerprint density at radius 3 is 2.76 bits per heavy atom. The Labute approximate surface area is 135 Å². The van der Waals surface area contributed by atoms with Crippen LogP contribution in [0.2, 0.25) is 0 Å². The summed E-state index contributed by atoms with van der Waals surface area (Å²) in [7, 11) is -3.18. The van der Waals surface area contributed by atoms with Gasteiger partial charge in [0, 0.05) is 23.6 Å². The van der Waals surface area contributed by atoms with Crippen molar-refractivity contribution in [2.45, 2.75) is 23.8 Å². The molecule has 2 heterocycles. The van der Waals surface area contributed by atoms with E-state index >= 15 is 0 Å². The second-order valence-electron chi connectivity index (χ2n) is 5.97. The maximum atomic E-state index is 12.4. The van der Waals surface area contributed by atoms with E-state index in [2.05, 4.69) is 26.1 Å². The van der Waals surface area contributed by atoms with E-state index < -0.39 is 9.84 Å². The van der Waals surface area contributed by atoms with Crippen molar-refractivity contribution in [3.05, 3.63) is 28.7 Å². The van der Waals surface area contributed by atoms with Crippen LogP contribution in [-0.2, 0) is 9.84 Å². The monoisotopic (exact) mass is 372 g/mol. The summed E-state index contributed by atoms with van der Waals surface area (Å²) in [5, 5.41) is 3.53. The number of piperidine rings is 1. The van der Waals surface area contributed by atoms with Crippen LogP contribution in [0.1, 0.15) is 12.8 Å². The zero-order valence-corrected chi connectivity index (χ0v) is 14.4. The molecule has 1 aromatic rings. The minimum atomic E-state index is -3.18. The average molecular weight is 373 g/mol. The first kappa shape index (κ1) is 15.5. The average Bonchev–Trinajstić information content (AvgIpc) is 2.93. The molecule has 1 aromatic carbocycles. The van der Waals surface area contributed by atoms with Gasteiger partial charge in [-0.05, 0) is 56.1 Å². The molecular formula is C15H21BrN2O2S. The summed E-state index contributed by atoms with van der Waals surface area (Å²) in [5.41, 5.74) is 0. The van der Waals surface area contributed by atoms with Crippen molar-refractivity contribution >= 4 is 25.8 Å². The molecule has 2 aliphatic heterocycles. The van der Waals surface area contributed by atoms with Gasteiger partial charge in [0.25, 0.3) is 0 Å². The van der Waals surface area contributed by atoms with Crippen LogP contribution in [0.15, 0.2) is 33.6 Å². The molecule has 0 amide bonds. The number of rotatable bonds is 4. The van der Waals surface area contributed by atoms with Gasteiger partial charge < -0.3 is 10.2 Å². The van der Waals surface area contributed by atoms with Crippen LogP contribution in [0.25, 0.3) is 0 Å². The molecule has 0 saturated carbocycles. The van der Waals surface area contributed by atoms with Crippen LogP contribution >= 0.6 is 15.9 Å². The standard InChI is InChI=1S/C15H21BrN2O2S/c16-13-1-3-14(4-2-13)21(19,20)10-9-18-8-6-15-12(11-18)5-7-17-15/h1-4,12,15,17H,5-11H2. The van der Waals surface area contributed by atoms with E-state index in [0.717, 1.165) is 30.5 Å². The first-order chi connectivity index (χ1) is 10.0. The number of hydrogen-bond donors (Lipinski definition) is 1. The molecule has 2 saturated heterocycles. The molecule has 2 fully saturated rings. The molecule has 2 atom stereocenters. The Kier molecular flexibility index (Phi) is 4.69. The third kappa shape index (κ3) is 3.67. The Morgan fingerprint density at radius 2 is 2.00 bits per heavy atom. The highest BCUT2D eigenvalue weighted by Gasteiger charge is 2.32. The van der Waals surface area contributed by atoms with Gasteiger partial charge >= 0.3 is 0 Å². The summed E-state index contributed by atoms with van der Waals surface area (Å²) in [4.78, 5) is 2.73. The number of likely N-dealkylation sites (tertiary alicyclic amines) is 1. The van der Waals surface area contributed by atoms with Crippen LogP contribution in [0.5, 0.6) is 0 Å². The van der Waals surface area contributed by atoms with Gasteiger partial charge in [-0.15, -0.1) is 0 Å². The molecule has 3 rings (SSSR count). The summed E-state index contributed by atoms with van der Waals surface area (Å²) >= 11 is 3.33. The summed E-state index contributed by atoms with van der Waals surface area (Å²) in [6, 6.07) is 7.56. The van der Waals surface area contributed by atoms with Crippen molar-refractivity contribution in [2.75, 3.05) is 31.9 Å². The molecule has 2 aliphatic rings. The highest BCUT2D eigenvalue weighted by molar-refractivity contribution is 9.10. The molecule has 2 unspecified atom stereocenters. The van der Waals surface area contributed by atoms with Gasteiger partial charge in [0.05, 0.1) is 10.6 Å². The molecule has 0 bridgehead atoms. The van der Waals surface area contributed by atoms with E-state index in [-0.39, 0.29) is 5.75 Å². The lowest BCUT2D eigenvalue weighted by Gasteiger charge is -2.34. The van der Waals surface area contributed by atoms with Crippen LogP contribution in [0.3, 0.4) is 0 Å². The maximum absolute atomic E-state index is 12.4. The van der Waals surface area contributed by atoms with Gasteiger partial charge in [-0.3, -0.25) is 0 Å². The minimum Gasteiger partial charge on any atom is -0.314 e. The van der Waals surface area contributed by atoms with Crippen LogP contribution in [0.4, 0.5) is 0 Å². The third-order valence-corrected chi connectivity index (χ3v) is 6.83. The fourth-order valence-corrected chi connectivity index (χ4v) is 4.88. The zero-order valence-electron chi connectivity index (χ0n) is 12.0. The summed E-state index contributed by atoms with van der Waals surface area (Å²) < 4.78 is 25.6. The SMILES string of the molecule is O=S(=O)(CCN1CCC2NCCC2C1)c1ccc(Br)cc1. The van der Waals surface area contributed by atoms with E-state index in [1.54, 1.807) is 24.3 Å². The molecule has 21 heavy (non-hydrogen) atoms. The minimum absolute atomic E-state index is 0.208. The molecule has 0 aromatic heterocycles.